The number of benzene rings is 1. The van der Waals surface area contributed by atoms with Gasteiger partial charge in [-0.1, -0.05) is 6.07 Å². The van der Waals surface area contributed by atoms with E-state index in [0.717, 1.165) is 24.4 Å². The van der Waals surface area contributed by atoms with Gasteiger partial charge in [0.1, 0.15) is 0 Å². The van der Waals surface area contributed by atoms with E-state index >= 15 is 0 Å². The van der Waals surface area contributed by atoms with Crippen molar-refractivity contribution in [2.45, 2.75) is 19.2 Å². The van der Waals surface area contributed by atoms with Crippen LogP contribution in [0.5, 0.6) is 5.88 Å². The number of halogens is 3. The molecule has 0 spiro atoms. The SMILES string of the molecule is CC(OC(=O)c1ccc(OCC(F)(F)F)nc1)C(=O)Nc1cccc([N+](=O)[O-])c1. The van der Waals surface area contributed by atoms with E-state index in [9.17, 15) is 32.9 Å². The summed E-state index contributed by atoms with van der Waals surface area (Å²) >= 11 is 0. The quantitative estimate of drug-likeness (QED) is 0.421. The predicted octanol–water partition coefficient (Wildman–Crippen LogP) is 3.11. The van der Waals surface area contributed by atoms with Crippen LogP contribution in [0, 0.1) is 10.1 Å². The molecule has 1 heterocycles. The van der Waals surface area contributed by atoms with Gasteiger partial charge in [0.2, 0.25) is 5.88 Å². The van der Waals surface area contributed by atoms with Crippen LogP contribution in [0.2, 0.25) is 0 Å². The Morgan fingerprint density at radius 3 is 2.59 bits per heavy atom. The summed E-state index contributed by atoms with van der Waals surface area (Å²) in [6.07, 6.45) is -4.84. The molecule has 9 nitrogen and oxygen atoms in total. The van der Waals surface area contributed by atoms with E-state index in [1.807, 2.05) is 0 Å². The number of carbonyl (C=O) groups is 2. The zero-order chi connectivity index (χ0) is 21.6. The standard InChI is InChI=1S/C17H14F3N3O6/c1-10(15(24)22-12-3-2-4-13(7-12)23(26)27)29-16(25)11-5-6-14(21-8-11)28-9-17(18,19)20/h2-8,10H,9H2,1H3,(H,22,24). The number of aromatic nitrogens is 1. The van der Waals surface area contributed by atoms with Crippen LogP contribution in [0.1, 0.15) is 17.3 Å². The number of non-ortho nitro benzene ring substituents is 1. The molecule has 1 amide bonds. The molecule has 2 aromatic rings. The number of ether oxygens (including phenoxy) is 2. The minimum absolute atomic E-state index is 0.112. The lowest BCUT2D eigenvalue weighted by Crippen LogP contribution is -2.30. The van der Waals surface area contributed by atoms with Crippen molar-refractivity contribution in [3.63, 3.8) is 0 Å². The van der Waals surface area contributed by atoms with E-state index in [0.29, 0.717) is 0 Å². The molecule has 0 aliphatic carbocycles. The van der Waals surface area contributed by atoms with Crippen LogP contribution >= 0.6 is 0 Å². The Morgan fingerprint density at radius 1 is 1.28 bits per heavy atom. The number of carbonyl (C=O) groups excluding carboxylic acids is 2. The van der Waals surface area contributed by atoms with Crippen molar-refractivity contribution < 1.29 is 37.2 Å². The van der Waals surface area contributed by atoms with Crippen molar-refractivity contribution in [1.82, 2.24) is 4.98 Å². The minimum Gasteiger partial charge on any atom is -0.468 e. The summed E-state index contributed by atoms with van der Waals surface area (Å²) in [6.45, 7) is -0.253. The maximum Gasteiger partial charge on any atom is 0.422 e. The first-order chi connectivity index (χ1) is 13.5. The molecule has 0 bridgehead atoms. The molecule has 1 atom stereocenters. The van der Waals surface area contributed by atoms with Crippen LogP contribution in [-0.4, -0.2) is 40.7 Å². The lowest BCUT2D eigenvalue weighted by atomic mass is 10.2. The zero-order valence-corrected chi connectivity index (χ0v) is 14.8. The topological polar surface area (TPSA) is 121 Å². The fourth-order valence-corrected chi connectivity index (χ4v) is 1.97. The predicted molar refractivity (Wildman–Crippen MR) is 92.4 cm³/mol. The maximum atomic E-state index is 12.1. The summed E-state index contributed by atoms with van der Waals surface area (Å²) in [5.41, 5.74) is -0.203. The zero-order valence-electron chi connectivity index (χ0n) is 14.8. The highest BCUT2D eigenvalue weighted by Crippen LogP contribution is 2.19. The van der Waals surface area contributed by atoms with Gasteiger partial charge in [0, 0.05) is 30.1 Å². The Morgan fingerprint density at radius 2 is 2.00 bits per heavy atom. The molecule has 1 aromatic heterocycles. The number of nitrogens with one attached hydrogen (secondary N) is 1. The highest BCUT2D eigenvalue weighted by atomic mass is 19.4. The lowest BCUT2D eigenvalue weighted by molar-refractivity contribution is -0.384. The second-order valence-corrected chi connectivity index (χ2v) is 5.63. The van der Waals surface area contributed by atoms with E-state index < -0.39 is 35.7 Å². The van der Waals surface area contributed by atoms with Gasteiger partial charge >= 0.3 is 12.1 Å². The van der Waals surface area contributed by atoms with E-state index in [1.165, 1.54) is 25.1 Å². The Labute approximate surface area is 161 Å². The smallest absolute Gasteiger partial charge is 0.422 e. The fourth-order valence-electron chi connectivity index (χ4n) is 1.97. The molecule has 0 aliphatic rings. The highest BCUT2D eigenvalue weighted by molar-refractivity contribution is 5.97. The molecule has 0 radical (unpaired) electrons. The van der Waals surface area contributed by atoms with Crippen molar-refractivity contribution in [3.05, 3.63) is 58.3 Å². The fraction of sp³-hybridized carbons (Fsp3) is 0.235. The van der Waals surface area contributed by atoms with Crippen molar-refractivity contribution in [2.75, 3.05) is 11.9 Å². The molecule has 29 heavy (non-hydrogen) atoms. The number of esters is 1. The molecule has 1 aromatic carbocycles. The Kier molecular flexibility index (Phi) is 6.70. The van der Waals surface area contributed by atoms with Crippen molar-refractivity contribution in [3.8, 4) is 5.88 Å². The number of hydrogen-bond acceptors (Lipinski definition) is 7. The molecule has 0 saturated heterocycles. The third-order valence-electron chi connectivity index (χ3n) is 3.33. The average Bonchev–Trinajstić information content (AvgIpc) is 2.66. The first kappa shape index (κ1) is 21.6. The number of nitro benzene ring substituents is 1. The van der Waals surface area contributed by atoms with Gasteiger partial charge in [0.15, 0.2) is 12.7 Å². The van der Waals surface area contributed by atoms with Crippen LogP contribution in [0.15, 0.2) is 42.6 Å². The van der Waals surface area contributed by atoms with Gasteiger partial charge in [-0.15, -0.1) is 0 Å². The summed E-state index contributed by atoms with van der Waals surface area (Å²) < 4.78 is 45.6. The Balaban J connectivity index is 1.93. The number of rotatable bonds is 7. The van der Waals surface area contributed by atoms with Crippen LogP contribution in [-0.2, 0) is 9.53 Å². The molecule has 2 rings (SSSR count). The molecule has 1 N–H and O–H groups in total. The van der Waals surface area contributed by atoms with E-state index in [-0.39, 0.29) is 22.8 Å². The van der Waals surface area contributed by atoms with Gasteiger partial charge in [-0.3, -0.25) is 14.9 Å². The van der Waals surface area contributed by atoms with Gasteiger partial charge in [0.05, 0.1) is 10.5 Å². The number of nitro groups is 1. The Bertz CT molecular complexity index is 902. The normalized spacial score (nSPS) is 12.0. The summed E-state index contributed by atoms with van der Waals surface area (Å²) in [6, 6.07) is 7.36. The van der Waals surface area contributed by atoms with Gasteiger partial charge in [-0.05, 0) is 19.1 Å². The third kappa shape index (κ3) is 6.75. The molecular weight excluding hydrogens is 399 g/mol. The van der Waals surface area contributed by atoms with Crippen LogP contribution in [0.3, 0.4) is 0 Å². The molecule has 0 fully saturated rings. The molecule has 1 unspecified atom stereocenters. The van der Waals surface area contributed by atoms with Gasteiger partial charge in [0.25, 0.3) is 11.6 Å². The number of nitrogens with zero attached hydrogens (tertiary/aromatic N) is 2. The van der Waals surface area contributed by atoms with Crippen molar-refractivity contribution in [2.24, 2.45) is 0 Å². The van der Waals surface area contributed by atoms with Crippen LogP contribution in [0.25, 0.3) is 0 Å². The average molecular weight is 413 g/mol. The summed E-state index contributed by atoms with van der Waals surface area (Å²) in [5, 5.41) is 13.1. The minimum atomic E-state index is -4.53. The second kappa shape index (κ2) is 8.99. The van der Waals surface area contributed by atoms with Crippen molar-refractivity contribution in [1.29, 1.82) is 0 Å². The molecule has 0 aliphatic heterocycles. The van der Waals surface area contributed by atoms with Crippen molar-refractivity contribution >= 4 is 23.3 Å². The molecule has 12 heteroatoms. The van der Waals surface area contributed by atoms with Crippen LogP contribution in [0.4, 0.5) is 24.5 Å². The molecular formula is C17H14F3N3O6. The number of alkyl halides is 3. The molecule has 0 saturated carbocycles. The van der Waals surface area contributed by atoms with E-state index in [4.69, 9.17) is 4.74 Å². The summed E-state index contributed by atoms with van der Waals surface area (Å²) in [5.74, 6) is -2.02. The number of anilines is 1. The second-order valence-electron chi connectivity index (χ2n) is 5.63. The lowest BCUT2D eigenvalue weighted by Gasteiger charge is -2.13. The molecule has 154 valence electrons. The van der Waals surface area contributed by atoms with Gasteiger partial charge in [-0.2, -0.15) is 13.2 Å². The number of amides is 1. The van der Waals surface area contributed by atoms with Gasteiger partial charge in [-0.25, -0.2) is 9.78 Å². The first-order valence-electron chi connectivity index (χ1n) is 7.97. The maximum absolute atomic E-state index is 12.1. The van der Waals surface area contributed by atoms with Gasteiger partial charge < -0.3 is 14.8 Å². The number of pyridine rings is 1. The highest BCUT2D eigenvalue weighted by Gasteiger charge is 2.28. The van der Waals surface area contributed by atoms with E-state index in [2.05, 4.69) is 15.0 Å². The third-order valence-corrected chi connectivity index (χ3v) is 3.33. The van der Waals surface area contributed by atoms with E-state index in [1.54, 1.807) is 0 Å². The summed E-state index contributed by atoms with van der Waals surface area (Å²) in [7, 11) is 0. The Hall–Kier alpha value is -3.70. The first-order valence-corrected chi connectivity index (χ1v) is 7.97. The summed E-state index contributed by atoms with van der Waals surface area (Å²) in [4.78, 5) is 37.8. The van der Waals surface area contributed by atoms with Crippen LogP contribution < -0.4 is 10.1 Å². The largest absolute Gasteiger partial charge is 0.468 e. The number of hydrogen-bond donors (Lipinski definition) is 1. The monoisotopic (exact) mass is 413 g/mol.